The van der Waals surface area contributed by atoms with Gasteiger partial charge >= 0.3 is 0 Å². The van der Waals surface area contributed by atoms with Crippen LogP contribution >= 0.6 is 0 Å². The summed E-state index contributed by atoms with van der Waals surface area (Å²) in [6.45, 7) is 0.948. The van der Waals surface area contributed by atoms with Gasteiger partial charge < -0.3 is 5.32 Å². The second kappa shape index (κ2) is 5.57. The Kier molecular flexibility index (Phi) is 4.27. The van der Waals surface area contributed by atoms with Gasteiger partial charge in [0.2, 0.25) is 15.9 Å². The van der Waals surface area contributed by atoms with Crippen LogP contribution in [0.5, 0.6) is 0 Å². The van der Waals surface area contributed by atoms with E-state index in [4.69, 9.17) is 0 Å². The molecular formula is C12H22N2O3S. The molecule has 18 heavy (non-hydrogen) atoms. The summed E-state index contributed by atoms with van der Waals surface area (Å²) in [5.41, 5.74) is 0. The molecule has 1 saturated carbocycles. The molecule has 1 heterocycles. The van der Waals surface area contributed by atoms with Gasteiger partial charge in [-0.25, -0.2) is 12.7 Å². The van der Waals surface area contributed by atoms with Gasteiger partial charge in [-0.2, -0.15) is 0 Å². The van der Waals surface area contributed by atoms with E-state index in [1.165, 1.54) is 23.4 Å². The summed E-state index contributed by atoms with van der Waals surface area (Å²) >= 11 is 0. The van der Waals surface area contributed by atoms with Crippen molar-refractivity contribution in [1.29, 1.82) is 0 Å². The number of nitrogens with zero attached hydrogens (tertiary/aromatic N) is 1. The lowest BCUT2D eigenvalue weighted by atomic mass is 9.97. The summed E-state index contributed by atoms with van der Waals surface area (Å²) < 4.78 is 24.2. The molecule has 5 nitrogen and oxygen atoms in total. The third kappa shape index (κ3) is 3.45. The Morgan fingerprint density at radius 3 is 2.17 bits per heavy atom. The number of rotatable bonds is 3. The average Bonchev–Trinajstić information content (AvgIpc) is 2.81. The van der Waals surface area contributed by atoms with Crippen LogP contribution in [0.2, 0.25) is 0 Å². The van der Waals surface area contributed by atoms with E-state index >= 15 is 0 Å². The van der Waals surface area contributed by atoms with Crippen molar-refractivity contribution < 1.29 is 13.2 Å². The summed E-state index contributed by atoms with van der Waals surface area (Å²) in [6, 6.07) is 0.352. The van der Waals surface area contributed by atoms with Gasteiger partial charge in [-0.05, 0) is 25.7 Å². The second-order valence-corrected chi connectivity index (χ2v) is 7.41. The quantitative estimate of drug-likeness (QED) is 0.824. The molecule has 2 fully saturated rings. The van der Waals surface area contributed by atoms with Crippen molar-refractivity contribution in [3.8, 4) is 0 Å². The van der Waals surface area contributed by atoms with E-state index < -0.39 is 10.0 Å². The maximum absolute atomic E-state index is 12.0. The predicted molar refractivity (Wildman–Crippen MR) is 69.5 cm³/mol. The average molecular weight is 274 g/mol. The van der Waals surface area contributed by atoms with Crippen LogP contribution in [0.3, 0.4) is 0 Å². The molecule has 1 aliphatic carbocycles. The number of hydrogen-bond acceptors (Lipinski definition) is 3. The van der Waals surface area contributed by atoms with E-state index in [2.05, 4.69) is 5.32 Å². The molecule has 1 amide bonds. The lowest BCUT2D eigenvalue weighted by molar-refractivity contribution is -0.126. The Morgan fingerprint density at radius 1 is 1.11 bits per heavy atom. The minimum Gasteiger partial charge on any atom is -0.353 e. The van der Waals surface area contributed by atoms with Crippen LogP contribution in [0.25, 0.3) is 0 Å². The van der Waals surface area contributed by atoms with Gasteiger partial charge in [-0.1, -0.05) is 12.8 Å². The Balaban J connectivity index is 1.80. The van der Waals surface area contributed by atoms with Gasteiger partial charge in [-0.15, -0.1) is 0 Å². The van der Waals surface area contributed by atoms with Crippen molar-refractivity contribution in [3.63, 3.8) is 0 Å². The van der Waals surface area contributed by atoms with Gasteiger partial charge in [-0.3, -0.25) is 4.79 Å². The molecule has 2 rings (SSSR count). The lowest BCUT2D eigenvalue weighted by Crippen LogP contribution is -2.44. The summed E-state index contributed by atoms with van der Waals surface area (Å²) in [6.07, 6.45) is 7.11. The van der Waals surface area contributed by atoms with Crippen molar-refractivity contribution in [2.75, 3.05) is 19.3 Å². The number of piperidine rings is 1. The minimum absolute atomic E-state index is 0.0106. The maximum atomic E-state index is 12.0. The third-order valence-electron chi connectivity index (χ3n) is 4.00. The summed E-state index contributed by atoms with van der Waals surface area (Å²) in [7, 11) is -3.10. The zero-order chi connectivity index (χ0) is 13.2. The van der Waals surface area contributed by atoms with Crippen molar-refractivity contribution in [1.82, 2.24) is 9.62 Å². The molecule has 104 valence electrons. The van der Waals surface area contributed by atoms with E-state index in [0.29, 0.717) is 32.0 Å². The summed E-state index contributed by atoms with van der Waals surface area (Å²) in [4.78, 5) is 12.0. The molecule has 2 aliphatic rings. The molecule has 1 saturated heterocycles. The normalized spacial score (nSPS) is 24.3. The smallest absolute Gasteiger partial charge is 0.223 e. The Bertz CT molecular complexity index is 394. The molecule has 0 bridgehead atoms. The zero-order valence-corrected chi connectivity index (χ0v) is 11.7. The van der Waals surface area contributed by atoms with Crippen LogP contribution in [-0.4, -0.2) is 44.0 Å². The highest BCUT2D eigenvalue weighted by atomic mass is 32.2. The van der Waals surface area contributed by atoms with E-state index in [0.717, 1.165) is 12.8 Å². The molecule has 6 heteroatoms. The van der Waals surface area contributed by atoms with Crippen LogP contribution in [0.1, 0.15) is 38.5 Å². The van der Waals surface area contributed by atoms with Crippen molar-refractivity contribution in [2.24, 2.45) is 5.92 Å². The van der Waals surface area contributed by atoms with E-state index in [9.17, 15) is 13.2 Å². The molecule has 0 spiro atoms. The first-order valence-corrected chi connectivity index (χ1v) is 8.57. The van der Waals surface area contributed by atoms with Gasteiger partial charge in [0, 0.05) is 25.0 Å². The first-order chi connectivity index (χ1) is 8.47. The standard InChI is InChI=1S/C12H22N2O3S/c1-18(16,17)14-8-6-10(7-9-14)12(15)13-11-4-2-3-5-11/h10-11H,2-9H2,1H3,(H,13,15). The minimum atomic E-state index is -3.10. The Morgan fingerprint density at radius 2 is 1.67 bits per heavy atom. The highest BCUT2D eigenvalue weighted by molar-refractivity contribution is 7.88. The molecule has 0 radical (unpaired) electrons. The van der Waals surface area contributed by atoms with Gasteiger partial charge in [0.25, 0.3) is 0 Å². The predicted octanol–water partition coefficient (Wildman–Crippen LogP) is 0.717. The monoisotopic (exact) mass is 274 g/mol. The second-order valence-electron chi connectivity index (χ2n) is 5.43. The van der Waals surface area contributed by atoms with Crippen molar-refractivity contribution in [2.45, 2.75) is 44.6 Å². The fourth-order valence-corrected chi connectivity index (χ4v) is 3.71. The van der Waals surface area contributed by atoms with E-state index in [-0.39, 0.29) is 11.8 Å². The molecule has 1 aliphatic heterocycles. The fourth-order valence-electron chi connectivity index (χ4n) is 2.84. The zero-order valence-electron chi connectivity index (χ0n) is 10.9. The number of nitrogens with one attached hydrogen (secondary N) is 1. The first-order valence-electron chi connectivity index (χ1n) is 6.72. The SMILES string of the molecule is CS(=O)(=O)N1CCC(C(=O)NC2CCCC2)CC1. The van der Waals surface area contributed by atoms with Crippen LogP contribution in [0.4, 0.5) is 0 Å². The largest absolute Gasteiger partial charge is 0.353 e. The highest BCUT2D eigenvalue weighted by Crippen LogP contribution is 2.22. The molecule has 0 unspecified atom stereocenters. The van der Waals surface area contributed by atoms with Crippen molar-refractivity contribution >= 4 is 15.9 Å². The first kappa shape index (κ1) is 13.8. The summed E-state index contributed by atoms with van der Waals surface area (Å²) in [5, 5.41) is 3.10. The Hall–Kier alpha value is -0.620. The lowest BCUT2D eigenvalue weighted by Gasteiger charge is -2.30. The van der Waals surface area contributed by atoms with E-state index in [1.54, 1.807) is 0 Å². The van der Waals surface area contributed by atoms with Crippen LogP contribution in [-0.2, 0) is 14.8 Å². The Labute approximate surface area is 109 Å². The van der Waals surface area contributed by atoms with Gasteiger partial charge in [0.15, 0.2) is 0 Å². The van der Waals surface area contributed by atoms with Crippen molar-refractivity contribution in [3.05, 3.63) is 0 Å². The number of sulfonamides is 1. The number of carbonyl (C=O) groups is 1. The number of amides is 1. The number of hydrogen-bond donors (Lipinski definition) is 1. The van der Waals surface area contributed by atoms with Gasteiger partial charge in [0.1, 0.15) is 0 Å². The highest BCUT2D eigenvalue weighted by Gasteiger charge is 2.30. The fraction of sp³-hybridized carbons (Fsp3) is 0.917. The van der Waals surface area contributed by atoms with Crippen LogP contribution in [0, 0.1) is 5.92 Å². The molecule has 0 aromatic rings. The molecule has 0 aromatic heterocycles. The maximum Gasteiger partial charge on any atom is 0.223 e. The molecule has 0 aromatic carbocycles. The topological polar surface area (TPSA) is 66.5 Å². The molecule has 0 atom stereocenters. The molecule has 1 N–H and O–H groups in total. The van der Waals surface area contributed by atoms with Crippen LogP contribution < -0.4 is 5.32 Å². The number of carbonyl (C=O) groups excluding carboxylic acids is 1. The van der Waals surface area contributed by atoms with Crippen LogP contribution in [0.15, 0.2) is 0 Å². The summed E-state index contributed by atoms with van der Waals surface area (Å²) in [5.74, 6) is 0.110. The third-order valence-corrected chi connectivity index (χ3v) is 5.30. The van der Waals surface area contributed by atoms with Gasteiger partial charge in [0.05, 0.1) is 6.26 Å². The molecular weight excluding hydrogens is 252 g/mol. The van der Waals surface area contributed by atoms with E-state index in [1.807, 2.05) is 0 Å².